The number of phosphoric acid groups is 1. The Balaban J connectivity index is 1.75. The molecule has 2 heterocycles. The summed E-state index contributed by atoms with van der Waals surface area (Å²) in [6.45, 7) is 3.44. The van der Waals surface area contributed by atoms with Crippen LogP contribution in [0.4, 0.5) is 0 Å². The SMILES string of the molecule is CCCCCCCCCCCCCCCCCCC(=O)OC(COC(=O)CCCCCCCCCCCCCC)COP(=O)(O)OC1C(OC2OC(CO)C(O)C(O)C2O)C(O)C(O)C(O)C1OC1OC(COC(=O)CCCCCCCCCCCCC)C(O)C(O)C1O. The highest BCUT2D eigenvalue weighted by molar-refractivity contribution is 7.47. The van der Waals surface area contributed by atoms with Crippen LogP contribution in [0.5, 0.6) is 0 Å². The van der Waals surface area contributed by atoms with Crippen LogP contribution in [0.1, 0.15) is 290 Å². The number of aliphatic hydroxyl groups excluding tert-OH is 10. The van der Waals surface area contributed by atoms with Crippen LogP contribution in [-0.2, 0) is 61.2 Å². The van der Waals surface area contributed by atoms with Gasteiger partial charge < -0.3 is 89.1 Å². The van der Waals surface area contributed by atoms with E-state index in [2.05, 4.69) is 20.8 Å². The summed E-state index contributed by atoms with van der Waals surface area (Å²) in [5.74, 6) is -1.98. The Kier molecular flexibility index (Phi) is 47.7. The summed E-state index contributed by atoms with van der Waals surface area (Å²) in [7, 11) is -5.69. The first-order valence-electron chi connectivity index (χ1n) is 36.8. The Bertz CT molecular complexity index is 1960. The minimum Gasteiger partial charge on any atom is -0.463 e. The molecule has 3 aliphatic rings. The van der Waals surface area contributed by atoms with Gasteiger partial charge >= 0.3 is 25.7 Å². The molecule has 18 unspecified atom stereocenters. The first kappa shape index (κ1) is 86.2. The number of phosphoric ester groups is 1. The van der Waals surface area contributed by atoms with Gasteiger partial charge in [0.25, 0.3) is 0 Å². The zero-order valence-corrected chi connectivity index (χ0v) is 58.4. The number of ether oxygens (including phenoxy) is 7. The monoisotopic (exact) mass is 1370 g/mol. The summed E-state index contributed by atoms with van der Waals surface area (Å²) in [6.07, 6.45) is 7.61. The zero-order chi connectivity index (χ0) is 68.9. The smallest absolute Gasteiger partial charge is 0.463 e. The van der Waals surface area contributed by atoms with E-state index >= 15 is 0 Å². The summed E-state index contributed by atoms with van der Waals surface area (Å²) < 4.78 is 64.9. The van der Waals surface area contributed by atoms with Crippen molar-refractivity contribution in [3.63, 3.8) is 0 Å². The summed E-state index contributed by atoms with van der Waals surface area (Å²) in [5, 5.41) is 110. The van der Waals surface area contributed by atoms with Gasteiger partial charge in [-0.25, -0.2) is 4.57 Å². The summed E-state index contributed by atoms with van der Waals surface area (Å²) in [5.41, 5.74) is 0. The molecule has 1 aliphatic carbocycles. The van der Waals surface area contributed by atoms with Crippen LogP contribution in [0.2, 0.25) is 0 Å². The molecule has 1 saturated carbocycles. The molecule has 25 heteroatoms. The Hall–Kier alpha value is -2.04. The van der Waals surface area contributed by atoms with Crippen LogP contribution < -0.4 is 0 Å². The normalized spacial score (nSPS) is 28.2. The minimum atomic E-state index is -5.69. The van der Waals surface area contributed by atoms with Gasteiger partial charge in [0, 0.05) is 19.3 Å². The molecular formula is C69H129O24P. The predicted molar refractivity (Wildman–Crippen MR) is 352 cm³/mol. The minimum absolute atomic E-state index is 0.0327. The van der Waals surface area contributed by atoms with Crippen molar-refractivity contribution in [1.82, 2.24) is 0 Å². The fraction of sp³-hybridized carbons (Fsp3) is 0.957. The molecular weight excluding hydrogens is 1240 g/mol. The highest BCUT2D eigenvalue weighted by atomic mass is 31.2. The third-order valence-corrected chi connectivity index (χ3v) is 19.4. The van der Waals surface area contributed by atoms with Crippen molar-refractivity contribution in [1.29, 1.82) is 0 Å². The van der Waals surface area contributed by atoms with Gasteiger partial charge in [-0.05, 0) is 19.3 Å². The van der Waals surface area contributed by atoms with Crippen molar-refractivity contribution in [3.8, 4) is 0 Å². The Morgan fingerprint density at radius 3 is 1.04 bits per heavy atom. The number of hydrogen-bond donors (Lipinski definition) is 11. The molecule has 0 amide bonds. The van der Waals surface area contributed by atoms with Gasteiger partial charge in [0.2, 0.25) is 0 Å². The van der Waals surface area contributed by atoms with Crippen molar-refractivity contribution in [2.24, 2.45) is 0 Å². The van der Waals surface area contributed by atoms with E-state index in [1.54, 1.807) is 0 Å². The largest absolute Gasteiger partial charge is 0.472 e. The maximum atomic E-state index is 14.3. The molecule has 2 aliphatic heterocycles. The standard InChI is InChI=1S/C69H129O24P/c1-4-7-10-13-16-19-22-24-25-26-27-30-33-36-39-42-45-55(73)88-50(47-85-53(71)43-40-37-34-32-29-23-20-17-14-11-8-5-2)48-87-94(83,84)93-67-65(91-68-63(81)58(76)56(74)51(46-70)89-68)61(79)60(78)62(80)66(67)92-69-64(82)59(77)57(75)52(90-69)49-86-54(72)44-41-38-35-31-28-21-18-15-12-9-6-3/h50-52,56-70,74-82H,4-49H2,1-3H3,(H,83,84). The molecule has 3 rings (SSSR count). The summed E-state index contributed by atoms with van der Waals surface area (Å²) >= 11 is 0. The van der Waals surface area contributed by atoms with E-state index in [4.69, 9.17) is 42.2 Å². The maximum absolute atomic E-state index is 14.3. The quantitative estimate of drug-likeness (QED) is 0.0117. The Morgan fingerprint density at radius 1 is 0.372 bits per heavy atom. The Labute approximate surface area is 561 Å². The van der Waals surface area contributed by atoms with Crippen molar-refractivity contribution >= 4 is 25.7 Å². The third-order valence-electron chi connectivity index (χ3n) is 18.4. The topological polar surface area (TPSA) is 374 Å². The average molecular weight is 1370 g/mol. The molecule has 0 bridgehead atoms. The summed E-state index contributed by atoms with van der Waals surface area (Å²) in [6, 6.07) is 0. The van der Waals surface area contributed by atoms with Crippen LogP contribution in [0.15, 0.2) is 0 Å². The maximum Gasteiger partial charge on any atom is 0.472 e. The van der Waals surface area contributed by atoms with Gasteiger partial charge in [0.05, 0.1) is 13.2 Å². The van der Waals surface area contributed by atoms with E-state index < -0.39 is 156 Å². The molecule has 554 valence electrons. The molecule has 18 atom stereocenters. The lowest BCUT2D eigenvalue weighted by molar-refractivity contribution is -0.360. The fourth-order valence-electron chi connectivity index (χ4n) is 12.3. The predicted octanol–water partition coefficient (Wildman–Crippen LogP) is 9.40. The van der Waals surface area contributed by atoms with Gasteiger partial charge in [0.1, 0.15) is 98.7 Å². The van der Waals surface area contributed by atoms with Crippen LogP contribution in [-0.4, -0.2) is 204 Å². The summed E-state index contributed by atoms with van der Waals surface area (Å²) in [4.78, 5) is 50.9. The van der Waals surface area contributed by atoms with Crippen molar-refractivity contribution in [2.75, 3.05) is 26.4 Å². The van der Waals surface area contributed by atoms with Gasteiger partial charge in [0.15, 0.2) is 18.7 Å². The molecule has 11 N–H and O–H groups in total. The van der Waals surface area contributed by atoms with Gasteiger partial charge in [-0.3, -0.25) is 23.4 Å². The first-order valence-corrected chi connectivity index (χ1v) is 38.3. The molecule has 2 saturated heterocycles. The zero-order valence-electron chi connectivity index (χ0n) is 57.5. The van der Waals surface area contributed by atoms with Gasteiger partial charge in [-0.15, -0.1) is 0 Å². The van der Waals surface area contributed by atoms with Crippen LogP contribution in [0.3, 0.4) is 0 Å². The highest BCUT2D eigenvalue weighted by Gasteiger charge is 2.58. The van der Waals surface area contributed by atoms with E-state index in [-0.39, 0.29) is 19.3 Å². The molecule has 3 fully saturated rings. The second kappa shape index (κ2) is 52.0. The van der Waals surface area contributed by atoms with Crippen LogP contribution >= 0.6 is 7.82 Å². The van der Waals surface area contributed by atoms with Gasteiger partial charge in [-0.2, -0.15) is 0 Å². The van der Waals surface area contributed by atoms with Crippen molar-refractivity contribution < 1.29 is 117 Å². The van der Waals surface area contributed by atoms with E-state index in [9.17, 15) is 74.9 Å². The number of carbonyl (C=O) groups excluding carboxylic acids is 3. The molecule has 0 spiro atoms. The number of esters is 3. The fourth-order valence-corrected chi connectivity index (χ4v) is 13.3. The number of rotatable bonds is 57. The number of hydrogen-bond acceptors (Lipinski definition) is 23. The van der Waals surface area contributed by atoms with E-state index in [1.165, 1.54) is 135 Å². The van der Waals surface area contributed by atoms with E-state index in [0.717, 1.165) is 96.3 Å². The molecule has 0 aromatic rings. The molecule has 24 nitrogen and oxygen atoms in total. The molecule has 0 radical (unpaired) electrons. The van der Waals surface area contributed by atoms with Crippen LogP contribution in [0.25, 0.3) is 0 Å². The lowest BCUT2D eigenvalue weighted by Gasteiger charge is -2.49. The first-order chi connectivity index (χ1) is 45.3. The van der Waals surface area contributed by atoms with E-state index in [0.29, 0.717) is 19.3 Å². The second-order valence-electron chi connectivity index (χ2n) is 26.7. The number of carbonyl (C=O) groups is 3. The van der Waals surface area contributed by atoms with Crippen molar-refractivity contribution in [3.05, 3.63) is 0 Å². The number of aliphatic hydroxyl groups is 10. The highest BCUT2D eigenvalue weighted by Crippen LogP contribution is 2.49. The van der Waals surface area contributed by atoms with Gasteiger partial charge in [-0.1, -0.05) is 252 Å². The molecule has 0 aromatic heterocycles. The molecule has 94 heavy (non-hydrogen) atoms. The molecule has 0 aromatic carbocycles. The second-order valence-corrected chi connectivity index (χ2v) is 28.1. The average Bonchev–Trinajstić information content (AvgIpc) is 0.766. The van der Waals surface area contributed by atoms with E-state index in [1.807, 2.05) is 0 Å². The van der Waals surface area contributed by atoms with Crippen LogP contribution in [0, 0.1) is 0 Å². The lowest BCUT2D eigenvalue weighted by Crippen LogP contribution is -2.69. The third kappa shape index (κ3) is 35.3. The van der Waals surface area contributed by atoms with Crippen molar-refractivity contribution in [2.45, 2.75) is 395 Å². The Morgan fingerprint density at radius 2 is 0.681 bits per heavy atom. The number of unbranched alkanes of at least 4 members (excludes halogenated alkanes) is 36. The lowest BCUT2D eigenvalue weighted by atomic mass is 9.84.